The number of nitrogens with zero attached hydrogens (tertiary/aromatic N) is 3. The molecule has 0 spiro atoms. The van der Waals surface area contributed by atoms with E-state index in [0.717, 1.165) is 5.56 Å². The van der Waals surface area contributed by atoms with Gasteiger partial charge in [0.05, 0.1) is 48.8 Å². The van der Waals surface area contributed by atoms with Gasteiger partial charge in [0.25, 0.3) is 5.89 Å². The number of nitrogens with one attached hydrogen (secondary N) is 1. The van der Waals surface area contributed by atoms with Crippen molar-refractivity contribution < 1.29 is 56.0 Å². The van der Waals surface area contributed by atoms with Crippen LogP contribution in [0.15, 0.2) is 76.1 Å². The lowest BCUT2D eigenvalue weighted by molar-refractivity contribution is -0.0907. The minimum Gasteiger partial charge on any atom is -0.496 e. The number of carbonyl (C=O) groups is 1. The molecule has 0 aliphatic carbocycles. The molecule has 3 aromatic carbocycles. The molecule has 2 N–H and O–H groups in total. The van der Waals surface area contributed by atoms with Crippen LogP contribution in [-0.2, 0) is 37.3 Å². The Morgan fingerprint density at radius 2 is 1.84 bits per heavy atom. The highest BCUT2D eigenvalue weighted by molar-refractivity contribution is 7.89. The molecule has 0 radical (unpaired) electrons. The number of hydrogen-bond donors (Lipinski definition) is 2. The van der Waals surface area contributed by atoms with Gasteiger partial charge in [0.2, 0.25) is 22.6 Å². The lowest BCUT2D eigenvalue weighted by atomic mass is 10.0. The predicted molar refractivity (Wildman–Crippen MR) is 194 cm³/mol. The van der Waals surface area contributed by atoms with Crippen molar-refractivity contribution in [2.24, 2.45) is 11.8 Å². The lowest BCUT2D eigenvalue weighted by Gasteiger charge is -2.31. The van der Waals surface area contributed by atoms with Gasteiger partial charge in [0.15, 0.2) is 24.4 Å². The van der Waals surface area contributed by atoms with E-state index in [1.807, 2.05) is 32.0 Å². The van der Waals surface area contributed by atoms with Crippen molar-refractivity contribution in [3.63, 3.8) is 0 Å². The average Bonchev–Trinajstić information content (AvgIpc) is 4.00. The molecule has 3 aliphatic heterocycles. The molecule has 0 saturated carbocycles. The smallest absolute Gasteiger partial charge is 0.407 e. The highest BCUT2D eigenvalue weighted by atomic mass is 32.2. The van der Waals surface area contributed by atoms with Crippen molar-refractivity contribution in [3.05, 3.63) is 78.1 Å². The van der Waals surface area contributed by atoms with Crippen molar-refractivity contribution in [2.45, 2.75) is 62.7 Å². The molecule has 0 unspecified atom stereocenters. The van der Waals surface area contributed by atoms with Gasteiger partial charge in [-0.3, -0.25) is 0 Å². The quantitative estimate of drug-likeness (QED) is 0.165. The summed E-state index contributed by atoms with van der Waals surface area (Å²) in [6, 6.07) is 17.8. The Balaban J connectivity index is 1.05. The summed E-state index contributed by atoms with van der Waals surface area (Å²) in [4.78, 5) is 17.8. The number of aromatic nitrogens is 2. The van der Waals surface area contributed by atoms with Crippen LogP contribution in [0.2, 0.25) is 0 Å². The van der Waals surface area contributed by atoms with Crippen molar-refractivity contribution in [2.75, 3.05) is 40.2 Å². The van der Waals surface area contributed by atoms with Crippen molar-refractivity contribution >= 4 is 16.1 Å². The number of carbonyl (C=O) groups excluding carboxylic acids is 1. The van der Waals surface area contributed by atoms with Crippen LogP contribution in [0.3, 0.4) is 0 Å². The van der Waals surface area contributed by atoms with E-state index in [-0.39, 0.29) is 56.2 Å². The summed E-state index contributed by atoms with van der Waals surface area (Å²) in [6.07, 6.45) is -2.20. The maximum atomic E-state index is 14.0. The zero-order valence-electron chi connectivity index (χ0n) is 30.7. The van der Waals surface area contributed by atoms with Crippen molar-refractivity contribution in [1.29, 1.82) is 0 Å². The summed E-state index contributed by atoms with van der Waals surface area (Å²) in [5.41, 5.74) is 1.39. The van der Waals surface area contributed by atoms with Gasteiger partial charge >= 0.3 is 6.09 Å². The molecule has 1 amide bonds. The molecule has 0 bridgehead atoms. The molecule has 2 fully saturated rings. The first-order valence-electron chi connectivity index (χ1n) is 18.0. The fourth-order valence-corrected chi connectivity index (χ4v) is 8.36. The molecule has 4 aromatic rings. The number of fused-ring (bicyclic) bond motifs is 2. The summed E-state index contributed by atoms with van der Waals surface area (Å²) >= 11 is 0. The van der Waals surface area contributed by atoms with Gasteiger partial charge < -0.3 is 48.1 Å². The van der Waals surface area contributed by atoms with Crippen LogP contribution >= 0.6 is 0 Å². The third-order valence-electron chi connectivity index (χ3n) is 9.50. The summed E-state index contributed by atoms with van der Waals surface area (Å²) in [5, 5.41) is 18.6. The van der Waals surface area contributed by atoms with Gasteiger partial charge in [0, 0.05) is 19.2 Å². The van der Waals surface area contributed by atoms with Crippen LogP contribution < -0.4 is 24.3 Å². The number of alkyl carbamates (subject to hydrolysis) is 1. The first-order valence-corrected chi connectivity index (χ1v) is 19.5. The Labute approximate surface area is 318 Å². The number of rotatable bonds is 16. The zero-order chi connectivity index (χ0) is 38.5. The second-order valence-electron chi connectivity index (χ2n) is 13.9. The van der Waals surface area contributed by atoms with Crippen LogP contribution in [0.4, 0.5) is 4.79 Å². The topological polar surface area (TPSA) is 190 Å². The normalized spacial score (nSPS) is 20.0. The highest BCUT2D eigenvalue weighted by Gasteiger charge is 2.44. The van der Waals surface area contributed by atoms with E-state index in [2.05, 4.69) is 15.5 Å². The molecule has 17 heteroatoms. The largest absolute Gasteiger partial charge is 0.496 e. The Kier molecular flexibility index (Phi) is 11.7. The average molecular weight is 781 g/mol. The Morgan fingerprint density at radius 3 is 2.64 bits per heavy atom. The summed E-state index contributed by atoms with van der Waals surface area (Å²) in [5.74, 6) is 2.36. The number of aliphatic hydroxyl groups excluding tert-OH is 1. The number of aliphatic hydroxyl groups is 1. The lowest BCUT2D eigenvalue weighted by Crippen LogP contribution is -2.51. The van der Waals surface area contributed by atoms with Gasteiger partial charge in [-0.25, -0.2) is 13.2 Å². The number of para-hydroxylation sites is 1. The zero-order valence-corrected chi connectivity index (χ0v) is 31.5. The number of hydrogen-bond acceptors (Lipinski definition) is 14. The Morgan fingerprint density at radius 1 is 1.04 bits per heavy atom. The second-order valence-corrected chi connectivity index (χ2v) is 15.8. The number of benzene rings is 3. The summed E-state index contributed by atoms with van der Waals surface area (Å²) < 4.78 is 73.6. The monoisotopic (exact) mass is 780 g/mol. The molecular weight excluding hydrogens is 737 g/mol. The van der Waals surface area contributed by atoms with E-state index in [4.69, 9.17) is 37.7 Å². The van der Waals surface area contributed by atoms with E-state index in [1.165, 1.54) is 16.4 Å². The minimum atomic E-state index is -4.11. The van der Waals surface area contributed by atoms with E-state index >= 15 is 0 Å². The third-order valence-corrected chi connectivity index (χ3v) is 11.3. The van der Waals surface area contributed by atoms with Gasteiger partial charge in [-0.15, -0.1) is 0 Å². The standard InChI is InChI=1S/C38H44N4O12S/c1-23(2)18-42(55(45,46)26-12-13-32-33(17-26)52-22-51-32)19-30(43)29(39-38(44)53-34-20-50-37-28(34)14-15-48-37)16-24-8-10-25(11-9-24)49-21-35-40-36(54-41-35)27-6-4-5-7-31(27)47-3/h4-13,17,23,28-30,34,37,43H,14-16,18-22H2,1-3H3,(H,39,44)/t28-,29-,30+,34-,37+/m0/s1. The third kappa shape index (κ3) is 8.97. The van der Waals surface area contributed by atoms with Gasteiger partial charge in [-0.2, -0.15) is 9.29 Å². The molecular formula is C38H44N4O12S. The number of amides is 1. The Hall–Kier alpha value is -4.94. The SMILES string of the molecule is COc1ccccc1-c1nc(COc2ccc(C[C@H](NC(=O)O[C@H]3CO[C@H]4OCC[C@H]43)[C@H](O)CN(CC(C)C)S(=O)(=O)c3ccc4c(c3)OCO4)cc2)no1. The van der Waals surface area contributed by atoms with Crippen LogP contribution in [0.25, 0.3) is 11.5 Å². The molecule has 16 nitrogen and oxygen atoms in total. The fraction of sp³-hybridized carbons (Fsp3) is 0.447. The maximum Gasteiger partial charge on any atom is 0.407 e. The van der Waals surface area contributed by atoms with E-state index in [1.54, 1.807) is 43.5 Å². The fourth-order valence-electron chi connectivity index (χ4n) is 6.72. The molecule has 7 rings (SSSR count). The van der Waals surface area contributed by atoms with E-state index < -0.39 is 40.7 Å². The van der Waals surface area contributed by atoms with E-state index in [9.17, 15) is 18.3 Å². The molecule has 3 aliphatic rings. The number of ether oxygens (including phenoxy) is 7. The predicted octanol–water partition coefficient (Wildman–Crippen LogP) is 4.16. The van der Waals surface area contributed by atoms with Gasteiger partial charge in [-0.1, -0.05) is 43.3 Å². The Bertz CT molecular complexity index is 2040. The van der Waals surface area contributed by atoms with Crippen LogP contribution in [0, 0.1) is 11.8 Å². The maximum absolute atomic E-state index is 14.0. The van der Waals surface area contributed by atoms with Gasteiger partial charge in [-0.05, 0) is 60.7 Å². The van der Waals surface area contributed by atoms with Crippen LogP contribution in [0.5, 0.6) is 23.0 Å². The van der Waals surface area contributed by atoms with Crippen molar-refractivity contribution in [1.82, 2.24) is 19.8 Å². The molecule has 1 aromatic heterocycles. The number of sulfonamides is 1. The molecule has 2 saturated heterocycles. The first-order chi connectivity index (χ1) is 26.6. The summed E-state index contributed by atoms with van der Waals surface area (Å²) in [6.45, 7) is 4.30. The first kappa shape index (κ1) is 38.3. The molecule has 4 heterocycles. The molecule has 5 atom stereocenters. The second kappa shape index (κ2) is 16.8. The van der Waals surface area contributed by atoms with Gasteiger partial charge in [0.1, 0.15) is 17.6 Å². The molecule has 294 valence electrons. The van der Waals surface area contributed by atoms with Crippen LogP contribution in [-0.4, -0.2) is 98.8 Å². The molecule has 55 heavy (non-hydrogen) atoms. The van der Waals surface area contributed by atoms with Crippen molar-refractivity contribution in [3.8, 4) is 34.5 Å². The van der Waals surface area contributed by atoms with E-state index in [0.29, 0.717) is 53.3 Å². The highest BCUT2D eigenvalue weighted by Crippen LogP contribution is 2.36. The van der Waals surface area contributed by atoms with Crippen LogP contribution in [0.1, 0.15) is 31.7 Å². The summed E-state index contributed by atoms with van der Waals surface area (Å²) in [7, 11) is -2.54. The number of methoxy groups -OCH3 is 1. The minimum absolute atomic E-state index is 0.00415.